The lowest BCUT2D eigenvalue weighted by Gasteiger charge is -2.30. The summed E-state index contributed by atoms with van der Waals surface area (Å²) in [6.07, 6.45) is 0.583. The summed E-state index contributed by atoms with van der Waals surface area (Å²) in [6, 6.07) is 0. The average molecular weight is 298 g/mol. The summed E-state index contributed by atoms with van der Waals surface area (Å²) in [4.78, 5) is 24.5. The Morgan fingerprint density at radius 1 is 1.50 bits per heavy atom. The number of amides is 1. The largest absolute Gasteiger partial charge is 0.465 e. The number of ether oxygens (including phenoxy) is 1. The van der Waals surface area contributed by atoms with E-state index in [1.165, 1.54) is 16.2 Å². The van der Waals surface area contributed by atoms with Gasteiger partial charge in [-0.05, 0) is 36.6 Å². The number of hydrogen-bond donors (Lipinski definition) is 2. The number of likely N-dealkylation sites (tertiary alicyclic amines) is 1. The SMILES string of the molecule is CCOC(=O)c1scc(C2CCN(C(=O)O)CC2)c1N. The van der Waals surface area contributed by atoms with E-state index in [1.807, 2.05) is 5.38 Å². The first kappa shape index (κ1) is 14.6. The second kappa shape index (κ2) is 6.13. The number of nitrogen functional groups attached to an aromatic ring is 1. The minimum atomic E-state index is -0.881. The fourth-order valence-electron chi connectivity index (χ4n) is 2.43. The van der Waals surface area contributed by atoms with Gasteiger partial charge in [0.25, 0.3) is 0 Å². The Labute approximate surface area is 121 Å². The number of nitrogens with zero attached hydrogens (tertiary/aromatic N) is 1. The number of rotatable bonds is 3. The van der Waals surface area contributed by atoms with Crippen molar-refractivity contribution in [1.82, 2.24) is 4.90 Å². The van der Waals surface area contributed by atoms with E-state index in [1.54, 1.807) is 6.92 Å². The highest BCUT2D eigenvalue weighted by atomic mass is 32.1. The number of nitrogens with two attached hydrogens (primary N) is 1. The van der Waals surface area contributed by atoms with Crippen molar-refractivity contribution in [1.29, 1.82) is 0 Å². The summed E-state index contributed by atoms with van der Waals surface area (Å²) in [5, 5.41) is 10.8. The van der Waals surface area contributed by atoms with Gasteiger partial charge in [0.05, 0.1) is 12.3 Å². The van der Waals surface area contributed by atoms with Gasteiger partial charge in [-0.3, -0.25) is 0 Å². The van der Waals surface area contributed by atoms with Crippen molar-refractivity contribution in [3.8, 4) is 0 Å². The van der Waals surface area contributed by atoms with Crippen LogP contribution in [0.15, 0.2) is 5.38 Å². The molecule has 0 aliphatic carbocycles. The van der Waals surface area contributed by atoms with Crippen LogP contribution in [-0.4, -0.2) is 41.8 Å². The monoisotopic (exact) mass is 298 g/mol. The number of carbonyl (C=O) groups is 2. The molecule has 6 nitrogen and oxygen atoms in total. The molecule has 2 heterocycles. The van der Waals surface area contributed by atoms with Crippen molar-refractivity contribution in [3.63, 3.8) is 0 Å². The molecule has 0 bridgehead atoms. The number of carboxylic acid groups (broad SMARTS) is 1. The summed E-state index contributed by atoms with van der Waals surface area (Å²) in [5.74, 6) is -0.172. The molecule has 20 heavy (non-hydrogen) atoms. The lowest BCUT2D eigenvalue weighted by atomic mass is 9.90. The Bertz CT molecular complexity index is 506. The highest BCUT2D eigenvalue weighted by molar-refractivity contribution is 7.12. The minimum Gasteiger partial charge on any atom is -0.465 e. The van der Waals surface area contributed by atoms with Crippen molar-refractivity contribution in [2.75, 3.05) is 25.4 Å². The molecule has 1 saturated heterocycles. The van der Waals surface area contributed by atoms with E-state index in [9.17, 15) is 9.59 Å². The van der Waals surface area contributed by atoms with Crippen LogP contribution in [0.5, 0.6) is 0 Å². The van der Waals surface area contributed by atoms with Gasteiger partial charge in [0.1, 0.15) is 4.88 Å². The van der Waals surface area contributed by atoms with Gasteiger partial charge in [-0.15, -0.1) is 11.3 Å². The minimum absolute atomic E-state index is 0.213. The van der Waals surface area contributed by atoms with Crippen LogP contribution in [0.3, 0.4) is 0 Å². The number of esters is 1. The molecule has 2 rings (SSSR count). The number of carbonyl (C=O) groups excluding carboxylic acids is 1. The van der Waals surface area contributed by atoms with Crippen LogP contribution in [0.4, 0.5) is 10.5 Å². The van der Waals surface area contributed by atoms with E-state index in [-0.39, 0.29) is 11.9 Å². The lowest BCUT2D eigenvalue weighted by molar-refractivity contribution is 0.0533. The van der Waals surface area contributed by atoms with Crippen LogP contribution >= 0.6 is 11.3 Å². The van der Waals surface area contributed by atoms with Gasteiger partial charge in [-0.1, -0.05) is 0 Å². The fourth-order valence-corrected chi connectivity index (χ4v) is 3.40. The third kappa shape index (κ3) is 2.87. The third-order valence-electron chi connectivity index (χ3n) is 3.53. The first-order valence-corrected chi connectivity index (χ1v) is 7.44. The van der Waals surface area contributed by atoms with Gasteiger partial charge in [0.2, 0.25) is 0 Å². The predicted molar refractivity (Wildman–Crippen MR) is 76.3 cm³/mol. The molecule has 1 aliphatic rings. The van der Waals surface area contributed by atoms with E-state index in [0.717, 1.165) is 18.4 Å². The predicted octanol–water partition coefficient (Wildman–Crippen LogP) is 2.36. The average Bonchev–Trinajstić information content (AvgIpc) is 2.81. The Balaban J connectivity index is 2.08. The maximum atomic E-state index is 11.7. The molecule has 0 unspecified atom stereocenters. The Morgan fingerprint density at radius 2 is 2.15 bits per heavy atom. The van der Waals surface area contributed by atoms with E-state index >= 15 is 0 Å². The number of piperidine rings is 1. The Morgan fingerprint density at radius 3 is 2.70 bits per heavy atom. The number of hydrogen-bond acceptors (Lipinski definition) is 5. The highest BCUT2D eigenvalue weighted by Gasteiger charge is 2.27. The first-order chi connectivity index (χ1) is 9.54. The van der Waals surface area contributed by atoms with E-state index in [0.29, 0.717) is 30.3 Å². The van der Waals surface area contributed by atoms with Gasteiger partial charge in [0.15, 0.2) is 0 Å². The van der Waals surface area contributed by atoms with Crippen LogP contribution in [0.2, 0.25) is 0 Å². The topological polar surface area (TPSA) is 92.9 Å². The van der Waals surface area contributed by atoms with Crippen molar-refractivity contribution in [3.05, 3.63) is 15.8 Å². The molecule has 0 radical (unpaired) electrons. The molecule has 7 heteroatoms. The molecule has 1 aliphatic heterocycles. The zero-order valence-electron chi connectivity index (χ0n) is 11.3. The lowest BCUT2D eigenvalue weighted by Crippen LogP contribution is -2.36. The zero-order chi connectivity index (χ0) is 14.7. The highest BCUT2D eigenvalue weighted by Crippen LogP contribution is 2.37. The van der Waals surface area contributed by atoms with Crippen LogP contribution < -0.4 is 5.73 Å². The van der Waals surface area contributed by atoms with Gasteiger partial charge < -0.3 is 20.5 Å². The molecule has 0 saturated carbocycles. The normalized spacial score (nSPS) is 16.1. The summed E-state index contributed by atoms with van der Waals surface area (Å²) in [7, 11) is 0. The maximum absolute atomic E-state index is 11.7. The second-order valence-electron chi connectivity index (χ2n) is 4.70. The molecule has 0 atom stereocenters. The van der Waals surface area contributed by atoms with Crippen molar-refractivity contribution >= 4 is 29.1 Å². The fraction of sp³-hybridized carbons (Fsp3) is 0.538. The van der Waals surface area contributed by atoms with Gasteiger partial charge in [-0.2, -0.15) is 0 Å². The maximum Gasteiger partial charge on any atom is 0.407 e. The standard InChI is InChI=1S/C13H18N2O4S/c1-2-19-12(16)11-10(14)9(7-20-11)8-3-5-15(6-4-8)13(17)18/h7-8H,2-6,14H2,1H3,(H,17,18). The molecule has 1 aromatic rings. The molecule has 3 N–H and O–H groups in total. The van der Waals surface area contributed by atoms with E-state index in [4.69, 9.17) is 15.6 Å². The molecular formula is C13H18N2O4S. The van der Waals surface area contributed by atoms with Gasteiger partial charge in [-0.25, -0.2) is 9.59 Å². The van der Waals surface area contributed by atoms with Gasteiger partial charge >= 0.3 is 12.1 Å². The van der Waals surface area contributed by atoms with Crippen LogP contribution in [0.25, 0.3) is 0 Å². The summed E-state index contributed by atoms with van der Waals surface area (Å²) >= 11 is 1.30. The van der Waals surface area contributed by atoms with Crippen molar-refractivity contribution in [2.45, 2.75) is 25.7 Å². The summed E-state index contributed by atoms with van der Waals surface area (Å²) in [6.45, 7) is 3.08. The van der Waals surface area contributed by atoms with Crippen molar-refractivity contribution < 1.29 is 19.4 Å². The molecule has 0 aromatic carbocycles. The second-order valence-corrected chi connectivity index (χ2v) is 5.58. The molecular weight excluding hydrogens is 280 g/mol. The molecule has 1 amide bonds. The molecule has 1 fully saturated rings. The number of thiophene rings is 1. The van der Waals surface area contributed by atoms with Crippen LogP contribution in [0.1, 0.15) is 40.9 Å². The molecule has 0 spiro atoms. The van der Waals surface area contributed by atoms with E-state index < -0.39 is 6.09 Å². The molecule has 1 aromatic heterocycles. The Kier molecular flexibility index (Phi) is 4.49. The quantitative estimate of drug-likeness (QED) is 0.836. The smallest absolute Gasteiger partial charge is 0.407 e. The van der Waals surface area contributed by atoms with Crippen LogP contribution in [0, 0.1) is 0 Å². The third-order valence-corrected chi connectivity index (χ3v) is 4.52. The first-order valence-electron chi connectivity index (χ1n) is 6.56. The molecule has 110 valence electrons. The van der Waals surface area contributed by atoms with Gasteiger partial charge in [0, 0.05) is 13.1 Å². The van der Waals surface area contributed by atoms with E-state index in [2.05, 4.69) is 0 Å². The summed E-state index contributed by atoms with van der Waals surface area (Å²) in [5.41, 5.74) is 7.47. The Hall–Kier alpha value is -1.76. The van der Waals surface area contributed by atoms with Crippen LogP contribution in [-0.2, 0) is 4.74 Å². The van der Waals surface area contributed by atoms with Crippen molar-refractivity contribution in [2.24, 2.45) is 0 Å². The number of anilines is 1. The summed E-state index contributed by atoms with van der Waals surface area (Å²) < 4.78 is 4.96. The zero-order valence-corrected chi connectivity index (χ0v) is 12.1.